The zero-order chi connectivity index (χ0) is 10.5. The molecule has 0 aromatic rings. The fourth-order valence-corrected chi connectivity index (χ4v) is 3.65. The minimum absolute atomic E-state index is 0.387. The van der Waals surface area contributed by atoms with E-state index in [4.69, 9.17) is 4.74 Å². The van der Waals surface area contributed by atoms with E-state index in [0.717, 1.165) is 12.0 Å². The highest BCUT2D eigenvalue weighted by molar-refractivity contribution is 5.13. The minimum Gasteiger partial charge on any atom is -0.377 e. The van der Waals surface area contributed by atoms with Crippen molar-refractivity contribution < 1.29 is 4.74 Å². The van der Waals surface area contributed by atoms with Gasteiger partial charge in [-0.1, -0.05) is 0 Å². The van der Waals surface area contributed by atoms with Crippen LogP contribution in [-0.2, 0) is 4.74 Å². The van der Waals surface area contributed by atoms with E-state index in [9.17, 15) is 0 Å². The molecule has 1 atom stereocenters. The van der Waals surface area contributed by atoms with Crippen molar-refractivity contribution in [1.82, 2.24) is 4.90 Å². The molecule has 2 aliphatic heterocycles. The molecule has 15 heavy (non-hydrogen) atoms. The molecule has 0 aromatic heterocycles. The molecule has 2 heterocycles. The van der Waals surface area contributed by atoms with Crippen LogP contribution in [0.4, 0.5) is 0 Å². The van der Waals surface area contributed by atoms with Gasteiger partial charge in [0, 0.05) is 12.1 Å². The van der Waals surface area contributed by atoms with Crippen molar-refractivity contribution >= 4 is 0 Å². The summed E-state index contributed by atoms with van der Waals surface area (Å²) in [5.74, 6) is 0. The first-order valence-electron chi connectivity index (χ1n) is 6.51. The number of nitrogens with zero attached hydrogens (tertiary/aromatic N) is 1. The Morgan fingerprint density at radius 3 is 2.73 bits per heavy atom. The van der Waals surface area contributed by atoms with Crippen molar-refractivity contribution in [3.05, 3.63) is 0 Å². The van der Waals surface area contributed by atoms with Crippen LogP contribution in [0.15, 0.2) is 0 Å². The van der Waals surface area contributed by atoms with Crippen LogP contribution >= 0.6 is 0 Å². The number of ether oxygens (including phenoxy) is 1. The molecule has 1 spiro atoms. The van der Waals surface area contributed by atoms with Crippen molar-refractivity contribution in [2.45, 2.75) is 57.6 Å². The molecule has 2 saturated heterocycles. The second-order valence-corrected chi connectivity index (χ2v) is 6.29. The maximum absolute atomic E-state index is 5.91. The normalized spacial score (nSPS) is 37.8. The number of rotatable bonds is 3. The van der Waals surface area contributed by atoms with Gasteiger partial charge in [-0.25, -0.2) is 0 Å². The molecular weight excluding hydrogens is 186 g/mol. The second-order valence-electron chi connectivity index (χ2n) is 6.29. The van der Waals surface area contributed by atoms with Gasteiger partial charge in [0.1, 0.15) is 0 Å². The first-order valence-corrected chi connectivity index (χ1v) is 6.51. The summed E-state index contributed by atoms with van der Waals surface area (Å²) in [7, 11) is 0. The van der Waals surface area contributed by atoms with E-state index in [0.29, 0.717) is 11.6 Å². The van der Waals surface area contributed by atoms with Crippen LogP contribution in [0.2, 0.25) is 0 Å². The SMILES string of the molecule is CC(C)OC[C@@]12CCCN1CC1(CC1)C2. The van der Waals surface area contributed by atoms with E-state index in [-0.39, 0.29) is 0 Å². The quantitative estimate of drug-likeness (QED) is 0.708. The van der Waals surface area contributed by atoms with Crippen LogP contribution < -0.4 is 0 Å². The summed E-state index contributed by atoms with van der Waals surface area (Å²) in [6.07, 6.45) is 7.53. The Morgan fingerprint density at radius 1 is 1.27 bits per heavy atom. The average Bonchev–Trinajstić information content (AvgIpc) is 2.66. The Hall–Kier alpha value is -0.0800. The zero-order valence-corrected chi connectivity index (χ0v) is 10.1. The van der Waals surface area contributed by atoms with Gasteiger partial charge >= 0.3 is 0 Å². The molecule has 0 radical (unpaired) electrons. The summed E-state index contributed by atoms with van der Waals surface area (Å²) in [6.45, 7) is 7.97. The Morgan fingerprint density at radius 2 is 2.07 bits per heavy atom. The van der Waals surface area contributed by atoms with Crippen LogP contribution in [0.1, 0.15) is 46.0 Å². The lowest BCUT2D eigenvalue weighted by Gasteiger charge is -2.32. The molecule has 3 rings (SSSR count). The molecular formula is C13H23NO. The lowest BCUT2D eigenvalue weighted by Crippen LogP contribution is -2.43. The molecule has 1 aliphatic carbocycles. The van der Waals surface area contributed by atoms with Gasteiger partial charge in [-0.05, 0) is 57.9 Å². The van der Waals surface area contributed by atoms with Crippen molar-refractivity contribution in [2.24, 2.45) is 5.41 Å². The highest BCUT2D eigenvalue weighted by atomic mass is 16.5. The Bertz CT molecular complexity index is 259. The fourth-order valence-electron chi connectivity index (χ4n) is 3.65. The molecule has 0 bridgehead atoms. The predicted octanol–water partition coefficient (Wildman–Crippen LogP) is 2.43. The topological polar surface area (TPSA) is 12.5 Å². The molecule has 1 saturated carbocycles. The minimum atomic E-state index is 0.387. The third kappa shape index (κ3) is 1.62. The summed E-state index contributed by atoms with van der Waals surface area (Å²) < 4.78 is 5.91. The van der Waals surface area contributed by atoms with E-state index >= 15 is 0 Å². The van der Waals surface area contributed by atoms with Crippen LogP contribution in [0, 0.1) is 5.41 Å². The Labute approximate surface area is 93.0 Å². The van der Waals surface area contributed by atoms with E-state index in [1.165, 1.54) is 45.2 Å². The van der Waals surface area contributed by atoms with E-state index in [1.807, 2.05) is 0 Å². The van der Waals surface area contributed by atoms with Crippen molar-refractivity contribution in [3.8, 4) is 0 Å². The summed E-state index contributed by atoms with van der Waals surface area (Å²) in [5, 5.41) is 0. The van der Waals surface area contributed by atoms with E-state index in [2.05, 4.69) is 18.7 Å². The van der Waals surface area contributed by atoms with Crippen LogP contribution in [0.3, 0.4) is 0 Å². The van der Waals surface area contributed by atoms with E-state index in [1.54, 1.807) is 0 Å². The second kappa shape index (κ2) is 3.21. The lowest BCUT2D eigenvalue weighted by atomic mass is 9.89. The zero-order valence-electron chi connectivity index (χ0n) is 10.1. The molecule has 86 valence electrons. The largest absolute Gasteiger partial charge is 0.377 e. The molecule has 0 amide bonds. The third-order valence-electron chi connectivity index (χ3n) is 4.61. The number of fused-ring (bicyclic) bond motifs is 1. The molecule has 0 unspecified atom stereocenters. The van der Waals surface area contributed by atoms with Gasteiger partial charge in [-0.15, -0.1) is 0 Å². The third-order valence-corrected chi connectivity index (χ3v) is 4.61. The smallest absolute Gasteiger partial charge is 0.0654 e. The van der Waals surface area contributed by atoms with Crippen LogP contribution in [-0.4, -0.2) is 36.2 Å². The lowest BCUT2D eigenvalue weighted by molar-refractivity contribution is 0.00280. The molecule has 0 aromatic carbocycles. The molecule has 3 aliphatic rings. The van der Waals surface area contributed by atoms with Crippen molar-refractivity contribution in [2.75, 3.05) is 19.7 Å². The maximum Gasteiger partial charge on any atom is 0.0654 e. The highest BCUT2D eigenvalue weighted by Gasteiger charge is 2.59. The van der Waals surface area contributed by atoms with Gasteiger partial charge in [0.05, 0.1) is 12.7 Å². The van der Waals surface area contributed by atoms with E-state index < -0.39 is 0 Å². The summed E-state index contributed by atoms with van der Waals surface area (Å²) in [5.41, 5.74) is 1.18. The first-order chi connectivity index (χ1) is 7.14. The van der Waals surface area contributed by atoms with Crippen molar-refractivity contribution in [3.63, 3.8) is 0 Å². The monoisotopic (exact) mass is 209 g/mol. The number of hydrogen-bond donors (Lipinski definition) is 0. The molecule has 0 N–H and O–H groups in total. The highest BCUT2D eigenvalue weighted by Crippen LogP contribution is 2.60. The first kappa shape index (κ1) is 10.1. The van der Waals surface area contributed by atoms with Gasteiger partial charge in [-0.2, -0.15) is 0 Å². The van der Waals surface area contributed by atoms with Crippen molar-refractivity contribution in [1.29, 1.82) is 0 Å². The molecule has 3 fully saturated rings. The van der Waals surface area contributed by atoms with Gasteiger partial charge in [0.25, 0.3) is 0 Å². The van der Waals surface area contributed by atoms with Gasteiger partial charge < -0.3 is 4.74 Å². The summed E-state index contributed by atoms with van der Waals surface area (Å²) >= 11 is 0. The standard InChI is InChI=1S/C13H23NO/c1-11(2)15-10-13-4-3-7-14(13)9-12(8-13)5-6-12/h11H,3-10H2,1-2H3/t13-/m0/s1. The van der Waals surface area contributed by atoms with Gasteiger partial charge in [-0.3, -0.25) is 4.90 Å². The Kier molecular flexibility index (Phi) is 2.16. The molecule has 2 nitrogen and oxygen atoms in total. The average molecular weight is 209 g/mol. The summed E-state index contributed by atoms with van der Waals surface area (Å²) in [6, 6.07) is 0. The van der Waals surface area contributed by atoms with Crippen LogP contribution in [0.5, 0.6) is 0 Å². The van der Waals surface area contributed by atoms with Gasteiger partial charge in [0.2, 0.25) is 0 Å². The van der Waals surface area contributed by atoms with Crippen LogP contribution in [0.25, 0.3) is 0 Å². The summed E-state index contributed by atoms with van der Waals surface area (Å²) in [4.78, 5) is 2.74. The number of hydrogen-bond acceptors (Lipinski definition) is 2. The maximum atomic E-state index is 5.91. The Balaban J connectivity index is 1.71. The van der Waals surface area contributed by atoms with Gasteiger partial charge in [0.15, 0.2) is 0 Å². The fraction of sp³-hybridized carbons (Fsp3) is 1.00. The molecule has 2 heteroatoms. The predicted molar refractivity (Wildman–Crippen MR) is 60.9 cm³/mol.